The molecule has 2 aromatic rings. The first kappa shape index (κ1) is 16.1. The average molecular weight is 322 g/mol. The third kappa shape index (κ3) is 3.67. The number of rotatable bonds is 7. The van der Waals surface area contributed by atoms with Crippen molar-refractivity contribution in [1.82, 2.24) is 4.98 Å². The van der Waals surface area contributed by atoms with Gasteiger partial charge < -0.3 is 19.9 Å². The number of aryl methyl sites for hydroxylation is 1. The van der Waals surface area contributed by atoms with E-state index in [1.807, 2.05) is 18.2 Å². The Bertz CT molecular complexity index is 670. The summed E-state index contributed by atoms with van der Waals surface area (Å²) >= 11 is 1.15. The molecule has 0 radical (unpaired) electrons. The second-order valence-electron chi connectivity index (χ2n) is 4.60. The van der Waals surface area contributed by atoms with Crippen LogP contribution in [0.25, 0.3) is 0 Å². The summed E-state index contributed by atoms with van der Waals surface area (Å²) in [4.78, 5) is 15.5. The number of aromatic nitrogens is 1. The van der Waals surface area contributed by atoms with Gasteiger partial charge in [0.2, 0.25) is 0 Å². The molecule has 0 amide bonds. The zero-order valence-electron chi connectivity index (χ0n) is 12.7. The van der Waals surface area contributed by atoms with Crippen LogP contribution in [0.3, 0.4) is 0 Å². The Morgan fingerprint density at radius 1 is 1.32 bits per heavy atom. The van der Waals surface area contributed by atoms with Gasteiger partial charge in [-0.1, -0.05) is 17.4 Å². The summed E-state index contributed by atoms with van der Waals surface area (Å²) in [5.74, 6) is 0.446. The van der Waals surface area contributed by atoms with Crippen LogP contribution in [0.5, 0.6) is 11.5 Å². The Kier molecular flexibility index (Phi) is 5.21. The van der Waals surface area contributed by atoms with Crippen LogP contribution in [-0.2, 0) is 6.42 Å². The van der Waals surface area contributed by atoms with Gasteiger partial charge in [-0.25, -0.2) is 9.78 Å². The predicted molar refractivity (Wildman–Crippen MR) is 85.6 cm³/mol. The standard InChI is InChI=1S/C15H18N2O4S/c1-9-13(14(18)19)22-15(17-9)16-7-6-10-4-5-11(20-2)12(8-10)21-3/h4-5,8H,6-7H2,1-3H3,(H,16,17)(H,18,19). The number of hydrogen-bond donors (Lipinski definition) is 2. The van der Waals surface area contributed by atoms with E-state index in [1.54, 1.807) is 21.1 Å². The van der Waals surface area contributed by atoms with Crippen LogP contribution in [0.1, 0.15) is 20.9 Å². The molecule has 1 aromatic carbocycles. The average Bonchev–Trinajstić information content (AvgIpc) is 2.88. The van der Waals surface area contributed by atoms with E-state index in [4.69, 9.17) is 14.6 Å². The Morgan fingerprint density at radius 2 is 2.05 bits per heavy atom. The van der Waals surface area contributed by atoms with Crippen LogP contribution in [0.15, 0.2) is 18.2 Å². The number of aromatic carboxylic acids is 1. The van der Waals surface area contributed by atoms with Crippen LogP contribution >= 0.6 is 11.3 Å². The monoisotopic (exact) mass is 322 g/mol. The van der Waals surface area contributed by atoms with E-state index >= 15 is 0 Å². The number of hydrogen-bond acceptors (Lipinski definition) is 6. The molecule has 118 valence electrons. The van der Waals surface area contributed by atoms with Crippen molar-refractivity contribution in [2.24, 2.45) is 0 Å². The molecule has 0 fully saturated rings. The highest BCUT2D eigenvalue weighted by atomic mass is 32.1. The van der Waals surface area contributed by atoms with E-state index in [1.165, 1.54) is 0 Å². The summed E-state index contributed by atoms with van der Waals surface area (Å²) in [5, 5.41) is 12.8. The molecule has 0 bridgehead atoms. The first-order chi connectivity index (χ1) is 10.5. The van der Waals surface area contributed by atoms with Gasteiger partial charge in [-0.2, -0.15) is 0 Å². The fraction of sp³-hybridized carbons (Fsp3) is 0.333. The number of benzene rings is 1. The van der Waals surface area contributed by atoms with E-state index < -0.39 is 5.97 Å². The van der Waals surface area contributed by atoms with E-state index in [2.05, 4.69) is 10.3 Å². The van der Waals surface area contributed by atoms with Crippen LogP contribution < -0.4 is 14.8 Å². The Morgan fingerprint density at radius 3 is 2.64 bits per heavy atom. The number of thiazole rings is 1. The fourth-order valence-corrected chi connectivity index (χ4v) is 2.85. The molecule has 0 spiro atoms. The highest BCUT2D eigenvalue weighted by Gasteiger charge is 2.13. The van der Waals surface area contributed by atoms with Crippen molar-refractivity contribution in [2.75, 3.05) is 26.1 Å². The molecule has 0 saturated carbocycles. The SMILES string of the molecule is COc1ccc(CCNc2nc(C)c(C(=O)O)s2)cc1OC. The molecule has 0 aliphatic carbocycles. The Hall–Kier alpha value is -2.28. The number of nitrogens with zero attached hydrogens (tertiary/aromatic N) is 1. The minimum Gasteiger partial charge on any atom is -0.493 e. The van der Waals surface area contributed by atoms with Crippen molar-refractivity contribution >= 4 is 22.4 Å². The molecule has 1 heterocycles. The molecule has 0 aliphatic rings. The lowest BCUT2D eigenvalue weighted by molar-refractivity contribution is 0.0701. The van der Waals surface area contributed by atoms with E-state index in [0.29, 0.717) is 28.9 Å². The third-order valence-electron chi connectivity index (χ3n) is 3.13. The molecule has 6 nitrogen and oxygen atoms in total. The van der Waals surface area contributed by atoms with Gasteiger partial charge in [-0.15, -0.1) is 0 Å². The number of ether oxygens (including phenoxy) is 2. The number of anilines is 1. The predicted octanol–water partition coefficient (Wildman–Crippen LogP) is 2.82. The number of nitrogens with one attached hydrogen (secondary N) is 1. The Balaban J connectivity index is 1.96. The molecule has 0 saturated heterocycles. The van der Waals surface area contributed by atoms with E-state index in [0.717, 1.165) is 23.3 Å². The maximum atomic E-state index is 11.0. The largest absolute Gasteiger partial charge is 0.493 e. The summed E-state index contributed by atoms with van der Waals surface area (Å²) in [6.45, 7) is 2.35. The minimum absolute atomic E-state index is 0.272. The van der Waals surface area contributed by atoms with Crippen LogP contribution in [0.2, 0.25) is 0 Å². The first-order valence-electron chi connectivity index (χ1n) is 6.70. The molecule has 2 rings (SSSR count). The molecule has 7 heteroatoms. The summed E-state index contributed by atoms with van der Waals surface area (Å²) in [5.41, 5.74) is 1.63. The lowest BCUT2D eigenvalue weighted by Crippen LogP contribution is -2.05. The molecule has 0 atom stereocenters. The molecule has 2 N–H and O–H groups in total. The second kappa shape index (κ2) is 7.13. The molecule has 22 heavy (non-hydrogen) atoms. The zero-order chi connectivity index (χ0) is 16.1. The molecule has 1 aromatic heterocycles. The van der Waals surface area contributed by atoms with Crippen LogP contribution in [0, 0.1) is 6.92 Å². The van der Waals surface area contributed by atoms with Crippen molar-refractivity contribution in [2.45, 2.75) is 13.3 Å². The van der Waals surface area contributed by atoms with Gasteiger partial charge in [0.1, 0.15) is 4.88 Å². The van der Waals surface area contributed by atoms with Crippen LogP contribution in [0.4, 0.5) is 5.13 Å². The summed E-state index contributed by atoms with van der Waals surface area (Å²) in [6.07, 6.45) is 0.765. The summed E-state index contributed by atoms with van der Waals surface area (Å²) in [7, 11) is 3.20. The van der Waals surface area contributed by atoms with E-state index in [-0.39, 0.29) is 4.88 Å². The van der Waals surface area contributed by atoms with E-state index in [9.17, 15) is 4.79 Å². The van der Waals surface area contributed by atoms with Crippen molar-refractivity contribution in [3.8, 4) is 11.5 Å². The minimum atomic E-state index is -0.942. The summed E-state index contributed by atoms with van der Waals surface area (Å²) < 4.78 is 10.5. The third-order valence-corrected chi connectivity index (χ3v) is 4.23. The zero-order valence-corrected chi connectivity index (χ0v) is 13.5. The fourth-order valence-electron chi connectivity index (χ4n) is 2.02. The van der Waals surface area contributed by atoms with Gasteiger partial charge in [0, 0.05) is 6.54 Å². The molecular formula is C15H18N2O4S. The van der Waals surface area contributed by atoms with Crippen molar-refractivity contribution in [3.05, 3.63) is 34.3 Å². The second-order valence-corrected chi connectivity index (χ2v) is 5.60. The normalized spacial score (nSPS) is 10.3. The summed E-state index contributed by atoms with van der Waals surface area (Å²) in [6, 6.07) is 5.76. The highest BCUT2D eigenvalue weighted by molar-refractivity contribution is 7.17. The topological polar surface area (TPSA) is 80.7 Å². The van der Waals surface area contributed by atoms with Gasteiger partial charge in [0.25, 0.3) is 0 Å². The molecular weight excluding hydrogens is 304 g/mol. The molecule has 0 unspecified atom stereocenters. The lowest BCUT2D eigenvalue weighted by atomic mass is 10.1. The number of carboxylic acid groups (broad SMARTS) is 1. The molecule has 0 aliphatic heterocycles. The van der Waals surface area contributed by atoms with Crippen LogP contribution in [-0.4, -0.2) is 36.8 Å². The van der Waals surface area contributed by atoms with Crippen molar-refractivity contribution in [1.29, 1.82) is 0 Å². The Labute approximate surface area is 132 Å². The van der Waals surface area contributed by atoms with Gasteiger partial charge in [-0.3, -0.25) is 0 Å². The number of carboxylic acids is 1. The highest BCUT2D eigenvalue weighted by Crippen LogP contribution is 2.28. The van der Waals surface area contributed by atoms with Crippen molar-refractivity contribution < 1.29 is 19.4 Å². The quantitative estimate of drug-likeness (QED) is 0.816. The van der Waals surface area contributed by atoms with Gasteiger partial charge in [0.05, 0.1) is 19.9 Å². The van der Waals surface area contributed by atoms with Gasteiger partial charge >= 0.3 is 5.97 Å². The lowest BCUT2D eigenvalue weighted by Gasteiger charge is -2.09. The van der Waals surface area contributed by atoms with Gasteiger partial charge in [0.15, 0.2) is 16.6 Å². The van der Waals surface area contributed by atoms with Gasteiger partial charge in [-0.05, 0) is 31.0 Å². The van der Waals surface area contributed by atoms with Crippen molar-refractivity contribution in [3.63, 3.8) is 0 Å². The number of methoxy groups -OCH3 is 2. The maximum Gasteiger partial charge on any atom is 0.347 e. The maximum absolute atomic E-state index is 11.0. The first-order valence-corrected chi connectivity index (χ1v) is 7.52. The smallest absolute Gasteiger partial charge is 0.347 e. The number of carbonyl (C=O) groups is 1.